The van der Waals surface area contributed by atoms with Crippen molar-refractivity contribution < 1.29 is 14.6 Å². The van der Waals surface area contributed by atoms with Crippen molar-refractivity contribution >= 4 is 17.7 Å². The van der Waals surface area contributed by atoms with Crippen molar-refractivity contribution in [3.63, 3.8) is 0 Å². The van der Waals surface area contributed by atoms with Gasteiger partial charge in [0.1, 0.15) is 5.75 Å². The highest BCUT2D eigenvalue weighted by atomic mass is 32.2. The fourth-order valence-corrected chi connectivity index (χ4v) is 2.62. The molecule has 0 fully saturated rings. The molecule has 0 saturated carbocycles. The Morgan fingerprint density at radius 1 is 1.43 bits per heavy atom. The summed E-state index contributed by atoms with van der Waals surface area (Å²) in [6.45, 7) is 6.36. The van der Waals surface area contributed by atoms with Crippen molar-refractivity contribution in [2.24, 2.45) is 0 Å². The lowest BCUT2D eigenvalue weighted by Crippen LogP contribution is -2.41. The molecule has 1 aromatic rings. The summed E-state index contributed by atoms with van der Waals surface area (Å²) in [6.07, 6.45) is 2.23. The molecule has 0 saturated heterocycles. The standard InChI is InChI=1S/C16H25NO3S/c1-11-6-5-7-14(12(11)2)20-9-8-16(19)17-13(3)15(10-18)21-4/h5-7,13,15,18H,8-10H2,1-4H3,(H,17,19). The number of nitrogens with one attached hydrogen (secondary N) is 1. The summed E-state index contributed by atoms with van der Waals surface area (Å²) >= 11 is 1.55. The molecule has 5 heteroatoms. The van der Waals surface area contributed by atoms with Crippen LogP contribution in [-0.2, 0) is 4.79 Å². The largest absolute Gasteiger partial charge is 0.493 e. The summed E-state index contributed by atoms with van der Waals surface area (Å²) in [6, 6.07) is 5.84. The van der Waals surface area contributed by atoms with Crippen LogP contribution in [0.2, 0.25) is 0 Å². The molecule has 0 aliphatic carbocycles. The zero-order chi connectivity index (χ0) is 15.8. The normalized spacial score (nSPS) is 13.6. The van der Waals surface area contributed by atoms with Crippen molar-refractivity contribution in [3.05, 3.63) is 29.3 Å². The van der Waals surface area contributed by atoms with Gasteiger partial charge in [0.25, 0.3) is 0 Å². The summed E-state index contributed by atoms with van der Waals surface area (Å²) in [4.78, 5) is 11.8. The van der Waals surface area contributed by atoms with Gasteiger partial charge in [-0.25, -0.2) is 0 Å². The SMILES string of the molecule is CSC(CO)C(C)NC(=O)CCOc1cccc(C)c1C. The van der Waals surface area contributed by atoms with Crippen LogP contribution >= 0.6 is 11.8 Å². The number of hydrogen-bond donors (Lipinski definition) is 2. The molecule has 4 nitrogen and oxygen atoms in total. The number of carbonyl (C=O) groups is 1. The molecular weight excluding hydrogens is 286 g/mol. The summed E-state index contributed by atoms with van der Waals surface area (Å²) in [7, 11) is 0. The Hall–Kier alpha value is -1.20. The average molecular weight is 311 g/mol. The molecule has 0 heterocycles. The van der Waals surface area contributed by atoms with E-state index in [-0.39, 0.29) is 23.8 Å². The molecule has 1 aromatic carbocycles. The van der Waals surface area contributed by atoms with Crippen LogP contribution in [0, 0.1) is 13.8 Å². The maximum atomic E-state index is 11.8. The molecule has 0 aliphatic heterocycles. The van der Waals surface area contributed by atoms with Gasteiger partial charge in [-0.2, -0.15) is 11.8 Å². The first-order valence-electron chi connectivity index (χ1n) is 7.11. The lowest BCUT2D eigenvalue weighted by atomic mass is 10.1. The highest BCUT2D eigenvalue weighted by Gasteiger charge is 2.17. The third kappa shape index (κ3) is 5.59. The maximum absolute atomic E-state index is 11.8. The number of ether oxygens (including phenoxy) is 1. The number of aryl methyl sites for hydroxylation is 1. The topological polar surface area (TPSA) is 58.6 Å². The van der Waals surface area contributed by atoms with E-state index in [9.17, 15) is 9.90 Å². The zero-order valence-corrected chi connectivity index (χ0v) is 14.0. The van der Waals surface area contributed by atoms with Crippen LogP contribution in [0.25, 0.3) is 0 Å². The first-order chi connectivity index (χ1) is 9.99. The Bertz CT molecular complexity index is 461. The van der Waals surface area contributed by atoms with E-state index in [1.54, 1.807) is 11.8 Å². The molecule has 0 spiro atoms. The second-order valence-electron chi connectivity index (χ2n) is 5.11. The summed E-state index contributed by atoms with van der Waals surface area (Å²) < 4.78 is 5.67. The van der Waals surface area contributed by atoms with Gasteiger partial charge in [0, 0.05) is 11.3 Å². The second-order valence-corrected chi connectivity index (χ2v) is 6.19. The van der Waals surface area contributed by atoms with Crippen molar-refractivity contribution in [2.45, 2.75) is 38.5 Å². The molecule has 2 N–H and O–H groups in total. The monoisotopic (exact) mass is 311 g/mol. The summed E-state index contributed by atoms with van der Waals surface area (Å²) in [5, 5.41) is 12.1. The van der Waals surface area contributed by atoms with E-state index in [0.29, 0.717) is 13.0 Å². The molecule has 1 rings (SSSR count). The number of carbonyl (C=O) groups excluding carboxylic acids is 1. The predicted molar refractivity (Wildman–Crippen MR) is 88.0 cm³/mol. The molecule has 21 heavy (non-hydrogen) atoms. The van der Waals surface area contributed by atoms with Gasteiger partial charge in [-0.05, 0) is 44.2 Å². The van der Waals surface area contributed by atoms with Crippen LogP contribution in [0.15, 0.2) is 18.2 Å². The van der Waals surface area contributed by atoms with Crippen LogP contribution in [0.4, 0.5) is 0 Å². The van der Waals surface area contributed by atoms with E-state index in [1.807, 2.05) is 45.2 Å². The number of thioether (sulfide) groups is 1. The highest BCUT2D eigenvalue weighted by Crippen LogP contribution is 2.20. The van der Waals surface area contributed by atoms with Crippen molar-refractivity contribution in [3.8, 4) is 5.75 Å². The minimum atomic E-state index is -0.0572. The third-order valence-corrected chi connectivity index (χ3v) is 4.73. The fourth-order valence-electron chi connectivity index (χ4n) is 1.99. The van der Waals surface area contributed by atoms with Crippen LogP contribution < -0.4 is 10.1 Å². The van der Waals surface area contributed by atoms with Gasteiger partial charge in [0.2, 0.25) is 5.91 Å². The van der Waals surface area contributed by atoms with Gasteiger partial charge in [0.05, 0.1) is 19.6 Å². The predicted octanol–water partition coefficient (Wildman–Crippen LogP) is 2.30. The average Bonchev–Trinajstić information content (AvgIpc) is 2.44. The first-order valence-corrected chi connectivity index (χ1v) is 8.40. The van der Waals surface area contributed by atoms with Gasteiger partial charge in [-0.1, -0.05) is 12.1 Å². The summed E-state index contributed by atoms with van der Waals surface area (Å²) in [5.41, 5.74) is 2.28. The number of aliphatic hydroxyl groups is 1. The number of amides is 1. The van der Waals surface area contributed by atoms with E-state index in [0.717, 1.165) is 11.3 Å². The summed E-state index contributed by atoms with van der Waals surface area (Å²) in [5.74, 6) is 0.772. The molecule has 2 atom stereocenters. The van der Waals surface area contributed by atoms with E-state index in [4.69, 9.17) is 4.74 Å². The van der Waals surface area contributed by atoms with Crippen LogP contribution in [-0.4, -0.2) is 41.8 Å². The van der Waals surface area contributed by atoms with Crippen molar-refractivity contribution in [1.82, 2.24) is 5.32 Å². The van der Waals surface area contributed by atoms with E-state index in [2.05, 4.69) is 5.32 Å². The fraction of sp³-hybridized carbons (Fsp3) is 0.562. The minimum absolute atomic E-state index is 0.0221. The smallest absolute Gasteiger partial charge is 0.223 e. The van der Waals surface area contributed by atoms with E-state index < -0.39 is 0 Å². The van der Waals surface area contributed by atoms with E-state index in [1.165, 1.54) is 5.56 Å². The second kappa shape index (κ2) is 8.95. The Morgan fingerprint density at radius 3 is 2.76 bits per heavy atom. The quantitative estimate of drug-likeness (QED) is 0.773. The number of aliphatic hydroxyl groups excluding tert-OH is 1. The number of hydrogen-bond acceptors (Lipinski definition) is 4. The van der Waals surface area contributed by atoms with Gasteiger partial charge >= 0.3 is 0 Å². The van der Waals surface area contributed by atoms with Crippen molar-refractivity contribution in [1.29, 1.82) is 0 Å². The van der Waals surface area contributed by atoms with Gasteiger partial charge in [-0.3, -0.25) is 4.79 Å². The Labute approximate surface area is 131 Å². The molecule has 0 aromatic heterocycles. The van der Waals surface area contributed by atoms with Crippen LogP contribution in [0.3, 0.4) is 0 Å². The molecule has 1 amide bonds. The molecule has 2 unspecified atom stereocenters. The first kappa shape index (κ1) is 17.9. The molecule has 0 bridgehead atoms. The van der Waals surface area contributed by atoms with Gasteiger partial charge < -0.3 is 15.2 Å². The van der Waals surface area contributed by atoms with E-state index >= 15 is 0 Å². The lowest BCUT2D eigenvalue weighted by Gasteiger charge is -2.21. The highest BCUT2D eigenvalue weighted by molar-refractivity contribution is 7.99. The zero-order valence-electron chi connectivity index (χ0n) is 13.2. The third-order valence-electron chi connectivity index (χ3n) is 3.57. The molecule has 0 radical (unpaired) electrons. The number of rotatable bonds is 8. The minimum Gasteiger partial charge on any atom is -0.493 e. The Kier molecular flexibility index (Phi) is 7.61. The molecule has 0 aliphatic rings. The Morgan fingerprint density at radius 2 is 2.14 bits per heavy atom. The van der Waals surface area contributed by atoms with Crippen LogP contribution in [0.5, 0.6) is 5.75 Å². The van der Waals surface area contributed by atoms with Crippen molar-refractivity contribution in [2.75, 3.05) is 19.5 Å². The maximum Gasteiger partial charge on any atom is 0.223 e. The molecular formula is C16H25NO3S. The Balaban J connectivity index is 2.38. The van der Waals surface area contributed by atoms with Gasteiger partial charge in [-0.15, -0.1) is 0 Å². The van der Waals surface area contributed by atoms with Crippen LogP contribution in [0.1, 0.15) is 24.5 Å². The molecule has 118 valence electrons. The number of benzene rings is 1. The lowest BCUT2D eigenvalue weighted by molar-refractivity contribution is -0.122. The van der Waals surface area contributed by atoms with Gasteiger partial charge in [0.15, 0.2) is 0 Å².